The first-order valence-electron chi connectivity index (χ1n) is 8.70. The van der Waals surface area contributed by atoms with Gasteiger partial charge in [-0.15, -0.1) is 0 Å². The molecule has 0 bridgehead atoms. The van der Waals surface area contributed by atoms with Gasteiger partial charge in [0.05, 0.1) is 12.1 Å². The maximum atomic E-state index is 12.5. The lowest BCUT2D eigenvalue weighted by molar-refractivity contribution is -0.124. The van der Waals surface area contributed by atoms with Crippen LogP contribution in [-0.2, 0) is 4.79 Å². The molecular formula is C20H23NO2. The fraction of sp³-hybridized carbons (Fsp3) is 0.450. The molecule has 0 aromatic heterocycles. The van der Waals surface area contributed by atoms with Gasteiger partial charge in [-0.25, -0.2) is 0 Å². The molecule has 4 atom stereocenters. The first-order valence-corrected chi connectivity index (χ1v) is 8.70. The molecule has 1 amide bonds. The Morgan fingerprint density at radius 2 is 1.83 bits per heavy atom. The Balaban J connectivity index is 1.47. The predicted octanol–water partition coefficient (Wildman–Crippen LogP) is 3.36. The highest BCUT2D eigenvalue weighted by molar-refractivity contribution is 5.89. The summed E-state index contributed by atoms with van der Waals surface area (Å²) < 4.78 is 0. The van der Waals surface area contributed by atoms with Gasteiger partial charge in [0.1, 0.15) is 0 Å². The van der Waals surface area contributed by atoms with Crippen LogP contribution in [0.15, 0.2) is 42.5 Å². The molecule has 2 aromatic rings. The molecule has 4 unspecified atom stereocenters. The molecule has 2 aromatic carbocycles. The summed E-state index contributed by atoms with van der Waals surface area (Å²) in [5.74, 6) is 0.505. The van der Waals surface area contributed by atoms with Gasteiger partial charge in [-0.05, 0) is 41.5 Å². The van der Waals surface area contributed by atoms with Crippen LogP contribution in [0.5, 0.6) is 0 Å². The Hall–Kier alpha value is -1.87. The molecule has 2 aliphatic carbocycles. The second kappa shape index (κ2) is 5.97. The Morgan fingerprint density at radius 3 is 2.70 bits per heavy atom. The number of amides is 1. The number of nitrogens with one attached hydrogen (secondary N) is 1. The molecule has 0 radical (unpaired) electrons. The third-order valence-electron chi connectivity index (χ3n) is 5.41. The average molecular weight is 309 g/mol. The zero-order chi connectivity index (χ0) is 15.8. The zero-order valence-corrected chi connectivity index (χ0v) is 13.2. The summed E-state index contributed by atoms with van der Waals surface area (Å²) >= 11 is 0. The van der Waals surface area contributed by atoms with Gasteiger partial charge in [0.2, 0.25) is 5.91 Å². The molecule has 2 fully saturated rings. The van der Waals surface area contributed by atoms with Gasteiger partial charge >= 0.3 is 0 Å². The number of aliphatic hydroxyl groups is 1. The van der Waals surface area contributed by atoms with Crippen LogP contribution in [0.4, 0.5) is 0 Å². The van der Waals surface area contributed by atoms with Crippen molar-refractivity contribution in [1.29, 1.82) is 0 Å². The second-order valence-electron chi connectivity index (χ2n) is 6.98. The molecule has 0 heterocycles. The van der Waals surface area contributed by atoms with Crippen LogP contribution >= 0.6 is 0 Å². The summed E-state index contributed by atoms with van der Waals surface area (Å²) in [6.45, 7) is 0. The summed E-state index contributed by atoms with van der Waals surface area (Å²) in [6, 6.07) is 14.7. The molecule has 4 rings (SSSR count). The number of hydrogen-bond donors (Lipinski definition) is 2. The molecule has 0 aliphatic heterocycles. The van der Waals surface area contributed by atoms with E-state index in [0.717, 1.165) is 32.1 Å². The second-order valence-corrected chi connectivity index (χ2v) is 6.98. The lowest BCUT2D eigenvalue weighted by Crippen LogP contribution is -2.45. The van der Waals surface area contributed by atoms with Crippen molar-refractivity contribution in [2.75, 3.05) is 0 Å². The number of rotatable bonds is 3. The van der Waals surface area contributed by atoms with Crippen molar-refractivity contribution in [3.8, 4) is 0 Å². The maximum Gasteiger partial charge on any atom is 0.224 e. The molecule has 0 saturated heterocycles. The fourth-order valence-corrected chi connectivity index (χ4v) is 3.97. The van der Waals surface area contributed by atoms with Gasteiger partial charge in [0.15, 0.2) is 0 Å². The Labute approximate surface area is 136 Å². The van der Waals surface area contributed by atoms with Crippen molar-refractivity contribution in [3.63, 3.8) is 0 Å². The van der Waals surface area contributed by atoms with Crippen molar-refractivity contribution < 1.29 is 9.90 Å². The minimum absolute atomic E-state index is 0.0509. The molecule has 3 heteroatoms. The van der Waals surface area contributed by atoms with E-state index in [-0.39, 0.29) is 24.0 Å². The van der Waals surface area contributed by atoms with Crippen molar-refractivity contribution in [1.82, 2.24) is 5.32 Å². The van der Waals surface area contributed by atoms with Crippen LogP contribution in [0.3, 0.4) is 0 Å². The summed E-state index contributed by atoms with van der Waals surface area (Å²) in [5, 5.41) is 15.6. The van der Waals surface area contributed by atoms with Crippen molar-refractivity contribution in [3.05, 3.63) is 48.0 Å². The Bertz CT molecular complexity index is 721. The van der Waals surface area contributed by atoms with Gasteiger partial charge in [0, 0.05) is 5.92 Å². The van der Waals surface area contributed by atoms with Crippen LogP contribution in [0.25, 0.3) is 10.8 Å². The minimum atomic E-state index is -0.373. The van der Waals surface area contributed by atoms with Gasteiger partial charge in [-0.1, -0.05) is 55.3 Å². The summed E-state index contributed by atoms with van der Waals surface area (Å²) in [5.41, 5.74) is 1.28. The SMILES string of the molecule is O=C(NC1CCCCC1O)C1CC1c1cccc2ccccc12. The smallest absolute Gasteiger partial charge is 0.224 e. The molecule has 2 aliphatic rings. The van der Waals surface area contributed by atoms with Gasteiger partial charge in [0.25, 0.3) is 0 Å². The highest BCUT2D eigenvalue weighted by atomic mass is 16.3. The van der Waals surface area contributed by atoms with E-state index in [4.69, 9.17) is 0 Å². The van der Waals surface area contributed by atoms with E-state index in [1.165, 1.54) is 16.3 Å². The fourth-order valence-electron chi connectivity index (χ4n) is 3.97. The molecule has 2 saturated carbocycles. The largest absolute Gasteiger partial charge is 0.391 e. The number of fused-ring (bicyclic) bond motifs is 1. The van der Waals surface area contributed by atoms with Crippen LogP contribution < -0.4 is 5.32 Å². The van der Waals surface area contributed by atoms with Crippen LogP contribution in [0.1, 0.15) is 43.6 Å². The lowest BCUT2D eigenvalue weighted by Gasteiger charge is -2.28. The summed E-state index contributed by atoms with van der Waals surface area (Å²) in [7, 11) is 0. The van der Waals surface area contributed by atoms with Crippen LogP contribution in [0.2, 0.25) is 0 Å². The van der Waals surface area contributed by atoms with E-state index in [2.05, 4.69) is 41.7 Å². The van der Waals surface area contributed by atoms with Crippen molar-refractivity contribution in [2.45, 2.75) is 50.2 Å². The quantitative estimate of drug-likeness (QED) is 0.913. The number of carbonyl (C=O) groups is 1. The van der Waals surface area contributed by atoms with Crippen molar-refractivity contribution in [2.24, 2.45) is 5.92 Å². The number of benzene rings is 2. The van der Waals surface area contributed by atoms with Crippen LogP contribution in [-0.4, -0.2) is 23.2 Å². The van der Waals surface area contributed by atoms with E-state index in [9.17, 15) is 9.90 Å². The Kier molecular flexibility index (Phi) is 3.82. The third kappa shape index (κ3) is 2.86. The number of carbonyl (C=O) groups excluding carboxylic acids is 1. The third-order valence-corrected chi connectivity index (χ3v) is 5.41. The summed E-state index contributed by atoms with van der Waals surface area (Å²) in [6.07, 6.45) is 4.42. The normalized spacial score (nSPS) is 30.1. The first kappa shape index (κ1) is 14.7. The summed E-state index contributed by atoms with van der Waals surface area (Å²) in [4.78, 5) is 12.5. The standard InChI is InChI=1S/C20H23NO2/c22-19-11-4-3-10-18(19)21-20(23)17-12-16(17)15-9-5-7-13-6-1-2-8-14(13)15/h1-2,5-9,16-19,22H,3-4,10-12H2,(H,21,23). The topological polar surface area (TPSA) is 49.3 Å². The lowest BCUT2D eigenvalue weighted by atomic mass is 9.92. The van der Waals surface area contributed by atoms with Crippen LogP contribution in [0, 0.1) is 5.92 Å². The maximum absolute atomic E-state index is 12.5. The van der Waals surface area contributed by atoms with E-state index in [1.54, 1.807) is 0 Å². The minimum Gasteiger partial charge on any atom is -0.391 e. The molecule has 0 spiro atoms. The van der Waals surface area contributed by atoms with Crippen molar-refractivity contribution >= 4 is 16.7 Å². The molecule has 3 nitrogen and oxygen atoms in total. The van der Waals surface area contributed by atoms with Gasteiger partial charge in [-0.3, -0.25) is 4.79 Å². The van der Waals surface area contributed by atoms with E-state index in [1.807, 2.05) is 6.07 Å². The molecule has 23 heavy (non-hydrogen) atoms. The highest BCUT2D eigenvalue weighted by Crippen LogP contribution is 2.49. The average Bonchev–Trinajstić information content (AvgIpc) is 3.37. The molecule has 2 N–H and O–H groups in total. The Morgan fingerprint density at radius 1 is 1.04 bits per heavy atom. The van der Waals surface area contributed by atoms with E-state index >= 15 is 0 Å². The number of hydrogen-bond acceptors (Lipinski definition) is 2. The highest BCUT2D eigenvalue weighted by Gasteiger charge is 2.45. The van der Waals surface area contributed by atoms with E-state index in [0.29, 0.717) is 5.92 Å². The van der Waals surface area contributed by atoms with Gasteiger partial charge < -0.3 is 10.4 Å². The zero-order valence-electron chi connectivity index (χ0n) is 13.2. The van der Waals surface area contributed by atoms with Gasteiger partial charge in [-0.2, -0.15) is 0 Å². The monoisotopic (exact) mass is 309 g/mol. The number of aliphatic hydroxyl groups excluding tert-OH is 1. The predicted molar refractivity (Wildman–Crippen MR) is 91.2 cm³/mol. The van der Waals surface area contributed by atoms with E-state index < -0.39 is 0 Å². The first-order chi connectivity index (χ1) is 11.2. The molecule has 120 valence electrons. The molecular weight excluding hydrogens is 286 g/mol.